The third-order valence-corrected chi connectivity index (χ3v) is 4.65. The normalized spacial score (nSPS) is 16.9. The Labute approximate surface area is 111 Å². The number of carboxylic acid groups (broad SMARTS) is 1. The SMILES string of the molecule is Cc1nc(C2CCOCC2)sc1CCCC(=O)O. The zero-order chi connectivity index (χ0) is 13.0. The smallest absolute Gasteiger partial charge is 0.303 e. The lowest BCUT2D eigenvalue weighted by Crippen LogP contribution is -2.13. The van der Waals surface area contributed by atoms with Crippen LogP contribution < -0.4 is 0 Å². The monoisotopic (exact) mass is 269 g/mol. The highest BCUT2D eigenvalue weighted by atomic mass is 32.1. The average Bonchev–Trinajstić information content (AvgIpc) is 2.72. The molecule has 2 rings (SSSR count). The number of hydrogen-bond donors (Lipinski definition) is 1. The van der Waals surface area contributed by atoms with Crippen molar-refractivity contribution in [1.82, 2.24) is 4.98 Å². The van der Waals surface area contributed by atoms with E-state index >= 15 is 0 Å². The first-order valence-electron chi connectivity index (χ1n) is 6.42. The molecule has 2 heterocycles. The molecule has 1 aromatic heterocycles. The Morgan fingerprint density at radius 3 is 2.89 bits per heavy atom. The van der Waals surface area contributed by atoms with Crippen molar-refractivity contribution < 1.29 is 14.6 Å². The van der Waals surface area contributed by atoms with Crippen LogP contribution in [0.5, 0.6) is 0 Å². The summed E-state index contributed by atoms with van der Waals surface area (Å²) in [6, 6.07) is 0. The van der Waals surface area contributed by atoms with E-state index < -0.39 is 5.97 Å². The van der Waals surface area contributed by atoms with Gasteiger partial charge in [-0.1, -0.05) is 0 Å². The molecule has 0 unspecified atom stereocenters. The molecule has 4 nitrogen and oxygen atoms in total. The van der Waals surface area contributed by atoms with E-state index in [9.17, 15) is 4.79 Å². The van der Waals surface area contributed by atoms with Gasteiger partial charge in [0.1, 0.15) is 0 Å². The Balaban J connectivity index is 1.95. The van der Waals surface area contributed by atoms with E-state index in [0.717, 1.165) is 38.2 Å². The van der Waals surface area contributed by atoms with Gasteiger partial charge in [-0.05, 0) is 32.6 Å². The first-order chi connectivity index (χ1) is 8.66. The molecule has 0 amide bonds. The number of nitrogens with zero attached hydrogens (tertiary/aromatic N) is 1. The van der Waals surface area contributed by atoms with Gasteiger partial charge in [0, 0.05) is 30.4 Å². The van der Waals surface area contributed by atoms with E-state index in [-0.39, 0.29) is 6.42 Å². The number of carbonyl (C=O) groups is 1. The van der Waals surface area contributed by atoms with E-state index in [1.807, 2.05) is 6.92 Å². The third kappa shape index (κ3) is 3.53. The molecule has 1 aliphatic rings. The molecule has 0 bridgehead atoms. The van der Waals surface area contributed by atoms with Crippen molar-refractivity contribution >= 4 is 17.3 Å². The summed E-state index contributed by atoms with van der Waals surface area (Å²) in [6.07, 6.45) is 3.89. The highest BCUT2D eigenvalue weighted by Crippen LogP contribution is 2.32. The van der Waals surface area contributed by atoms with Crippen LogP contribution in [0, 0.1) is 6.92 Å². The maximum Gasteiger partial charge on any atom is 0.303 e. The molecule has 18 heavy (non-hydrogen) atoms. The first kappa shape index (κ1) is 13.5. The van der Waals surface area contributed by atoms with Gasteiger partial charge < -0.3 is 9.84 Å². The van der Waals surface area contributed by atoms with Gasteiger partial charge in [0.2, 0.25) is 0 Å². The number of thiazole rings is 1. The van der Waals surface area contributed by atoms with Gasteiger partial charge in [-0.25, -0.2) is 4.98 Å². The number of aryl methyl sites for hydroxylation is 2. The van der Waals surface area contributed by atoms with Crippen LogP contribution in [0.3, 0.4) is 0 Å². The second-order valence-corrected chi connectivity index (χ2v) is 5.81. The van der Waals surface area contributed by atoms with Crippen molar-refractivity contribution in [3.8, 4) is 0 Å². The van der Waals surface area contributed by atoms with Crippen LogP contribution in [0.1, 0.15) is 47.2 Å². The van der Waals surface area contributed by atoms with Crippen LogP contribution in [-0.2, 0) is 16.0 Å². The molecule has 0 spiro atoms. The summed E-state index contributed by atoms with van der Waals surface area (Å²) in [4.78, 5) is 16.4. The van der Waals surface area contributed by atoms with E-state index in [1.54, 1.807) is 11.3 Å². The third-order valence-electron chi connectivity index (χ3n) is 3.27. The summed E-state index contributed by atoms with van der Waals surface area (Å²) in [7, 11) is 0. The predicted octanol–water partition coefficient (Wildman–Crippen LogP) is 2.75. The van der Waals surface area contributed by atoms with Gasteiger partial charge in [0.15, 0.2) is 0 Å². The Morgan fingerprint density at radius 1 is 1.50 bits per heavy atom. The molecule has 0 aliphatic carbocycles. The van der Waals surface area contributed by atoms with E-state index in [2.05, 4.69) is 4.98 Å². The fraction of sp³-hybridized carbons (Fsp3) is 0.692. The van der Waals surface area contributed by atoms with Crippen molar-refractivity contribution in [2.45, 2.75) is 44.9 Å². The zero-order valence-electron chi connectivity index (χ0n) is 10.6. The Morgan fingerprint density at radius 2 is 2.22 bits per heavy atom. The van der Waals surface area contributed by atoms with E-state index in [0.29, 0.717) is 12.3 Å². The Hall–Kier alpha value is -0.940. The molecular formula is C13H19NO3S. The molecule has 0 aromatic carbocycles. The molecular weight excluding hydrogens is 250 g/mol. The Kier molecular flexibility index (Phi) is 4.72. The van der Waals surface area contributed by atoms with Crippen molar-refractivity contribution in [2.24, 2.45) is 0 Å². The highest BCUT2D eigenvalue weighted by molar-refractivity contribution is 7.11. The van der Waals surface area contributed by atoms with Gasteiger partial charge in [0.05, 0.1) is 10.7 Å². The van der Waals surface area contributed by atoms with Crippen LogP contribution in [0.15, 0.2) is 0 Å². The molecule has 5 heteroatoms. The van der Waals surface area contributed by atoms with Gasteiger partial charge in [-0.3, -0.25) is 4.79 Å². The van der Waals surface area contributed by atoms with Crippen molar-refractivity contribution in [2.75, 3.05) is 13.2 Å². The summed E-state index contributed by atoms with van der Waals surface area (Å²) in [5.74, 6) is -0.183. The van der Waals surface area contributed by atoms with Crippen LogP contribution in [0.2, 0.25) is 0 Å². The summed E-state index contributed by atoms with van der Waals surface area (Å²) < 4.78 is 5.36. The van der Waals surface area contributed by atoms with Crippen molar-refractivity contribution in [1.29, 1.82) is 0 Å². The summed E-state index contributed by atoms with van der Waals surface area (Å²) >= 11 is 1.76. The summed E-state index contributed by atoms with van der Waals surface area (Å²) in [5, 5.41) is 9.85. The van der Waals surface area contributed by atoms with Crippen LogP contribution in [0.4, 0.5) is 0 Å². The highest BCUT2D eigenvalue weighted by Gasteiger charge is 2.20. The number of ether oxygens (including phenoxy) is 1. The molecule has 0 saturated carbocycles. The lowest BCUT2D eigenvalue weighted by atomic mass is 10.0. The van der Waals surface area contributed by atoms with Crippen molar-refractivity contribution in [3.63, 3.8) is 0 Å². The average molecular weight is 269 g/mol. The number of aliphatic carboxylic acids is 1. The number of carboxylic acids is 1. The minimum Gasteiger partial charge on any atom is -0.481 e. The molecule has 100 valence electrons. The lowest BCUT2D eigenvalue weighted by Gasteiger charge is -2.19. The Bertz CT molecular complexity index is 410. The van der Waals surface area contributed by atoms with Gasteiger partial charge in [-0.2, -0.15) is 0 Å². The molecule has 1 aliphatic heterocycles. The van der Waals surface area contributed by atoms with Gasteiger partial charge >= 0.3 is 5.97 Å². The molecule has 0 radical (unpaired) electrons. The van der Waals surface area contributed by atoms with Gasteiger partial charge in [-0.15, -0.1) is 11.3 Å². The molecule has 1 saturated heterocycles. The minimum absolute atomic E-state index is 0.240. The van der Waals surface area contributed by atoms with Gasteiger partial charge in [0.25, 0.3) is 0 Å². The minimum atomic E-state index is -0.721. The standard InChI is InChI=1S/C13H19NO3S/c1-9-11(3-2-4-12(15)16)18-13(14-9)10-5-7-17-8-6-10/h10H,2-8H2,1H3,(H,15,16). The van der Waals surface area contributed by atoms with E-state index in [1.165, 1.54) is 9.88 Å². The quantitative estimate of drug-likeness (QED) is 0.893. The zero-order valence-corrected chi connectivity index (χ0v) is 11.5. The topological polar surface area (TPSA) is 59.4 Å². The molecule has 1 aromatic rings. The molecule has 1 fully saturated rings. The van der Waals surface area contributed by atoms with E-state index in [4.69, 9.17) is 9.84 Å². The fourth-order valence-electron chi connectivity index (χ4n) is 2.20. The summed E-state index contributed by atoms with van der Waals surface area (Å²) in [6.45, 7) is 3.69. The number of rotatable bonds is 5. The second-order valence-electron chi connectivity index (χ2n) is 4.69. The fourth-order valence-corrected chi connectivity index (χ4v) is 3.48. The molecule has 1 N–H and O–H groups in total. The predicted molar refractivity (Wildman–Crippen MR) is 70.2 cm³/mol. The summed E-state index contributed by atoms with van der Waals surface area (Å²) in [5.41, 5.74) is 1.08. The first-order valence-corrected chi connectivity index (χ1v) is 7.24. The number of hydrogen-bond acceptors (Lipinski definition) is 4. The lowest BCUT2D eigenvalue weighted by molar-refractivity contribution is -0.137. The van der Waals surface area contributed by atoms with Crippen molar-refractivity contribution in [3.05, 3.63) is 15.6 Å². The van der Waals surface area contributed by atoms with Crippen LogP contribution >= 0.6 is 11.3 Å². The second kappa shape index (κ2) is 6.29. The van der Waals surface area contributed by atoms with Crippen LogP contribution in [-0.4, -0.2) is 29.3 Å². The molecule has 0 atom stereocenters. The maximum atomic E-state index is 10.5. The number of aromatic nitrogens is 1. The largest absolute Gasteiger partial charge is 0.481 e. The van der Waals surface area contributed by atoms with Crippen LogP contribution in [0.25, 0.3) is 0 Å². The maximum absolute atomic E-state index is 10.5.